The first kappa shape index (κ1) is 12.6. The maximum atomic E-state index is 11.9. The number of halogens is 3. The van der Waals surface area contributed by atoms with Crippen molar-refractivity contribution in [1.82, 2.24) is 10.2 Å². The minimum absolute atomic E-state index is 0.113. The lowest BCUT2D eigenvalue weighted by molar-refractivity contribution is -0.174. The standard InChI is InChI=1S/C8H11F3N2O3/c1-4-2-5(3-13(4)7(15)16)12-6(14)8(9,10)11/h4-5H,2-3H2,1H3,(H,12,14)(H,15,16). The van der Waals surface area contributed by atoms with Crippen LogP contribution in [-0.4, -0.2) is 46.8 Å². The van der Waals surface area contributed by atoms with Gasteiger partial charge >= 0.3 is 18.2 Å². The summed E-state index contributed by atoms with van der Waals surface area (Å²) in [7, 11) is 0. The van der Waals surface area contributed by atoms with Gasteiger partial charge in [0.15, 0.2) is 0 Å². The summed E-state index contributed by atoms with van der Waals surface area (Å²) in [5.74, 6) is -2.03. The van der Waals surface area contributed by atoms with Gasteiger partial charge in [-0.1, -0.05) is 0 Å². The minimum atomic E-state index is -4.93. The number of amides is 2. The predicted octanol–water partition coefficient (Wildman–Crippen LogP) is 0.806. The SMILES string of the molecule is CC1CC(NC(=O)C(F)(F)F)CN1C(=O)O. The molecule has 0 radical (unpaired) electrons. The van der Waals surface area contributed by atoms with Crippen LogP contribution in [0.4, 0.5) is 18.0 Å². The van der Waals surface area contributed by atoms with Crippen molar-refractivity contribution < 1.29 is 27.9 Å². The molecule has 5 nitrogen and oxygen atoms in total. The largest absolute Gasteiger partial charge is 0.471 e. The molecule has 2 atom stereocenters. The van der Waals surface area contributed by atoms with Crippen molar-refractivity contribution in [2.45, 2.75) is 31.6 Å². The van der Waals surface area contributed by atoms with Gasteiger partial charge in [-0.15, -0.1) is 0 Å². The monoisotopic (exact) mass is 240 g/mol. The van der Waals surface area contributed by atoms with E-state index in [2.05, 4.69) is 0 Å². The highest BCUT2D eigenvalue weighted by molar-refractivity contribution is 5.82. The van der Waals surface area contributed by atoms with Crippen molar-refractivity contribution in [2.75, 3.05) is 6.54 Å². The summed E-state index contributed by atoms with van der Waals surface area (Å²) in [5.41, 5.74) is 0. The number of alkyl halides is 3. The van der Waals surface area contributed by atoms with Gasteiger partial charge in [-0.25, -0.2) is 4.79 Å². The molecule has 92 valence electrons. The van der Waals surface area contributed by atoms with E-state index in [-0.39, 0.29) is 13.0 Å². The number of nitrogens with one attached hydrogen (secondary N) is 1. The number of rotatable bonds is 1. The van der Waals surface area contributed by atoms with Gasteiger partial charge in [0.05, 0.1) is 0 Å². The highest BCUT2D eigenvalue weighted by Crippen LogP contribution is 2.20. The second-order valence-electron chi connectivity index (χ2n) is 3.69. The van der Waals surface area contributed by atoms with Crippen molar-refractivity contribution in [1.29, 1.82) is 0 Å². The smallest absolute Gasteiger partial charge is 0.465 e. The van der Waals surface area contributed by atoms with Crippen LogP contribution in [0.1, 0.15) is 13.3 Å². The van der Waals surface area contributed by atoms with Gasteiger partial charge < -0.3 is 15.3 Å². The molecule has 8 heteroatoms. The van der Waals surface area contributed by atoms with Crippen LogP contribution in [0.25, 0.3) is 0 Å². The Morgan fingerprint density at radius 2 is 2.00 bits per heavy atom. The quantitative estimate of drug-likeness (QED) is 0.712. The Morgan fingerprint density at radius 3 is 2.38 bits per heavy atom. The number of carboxylic acid groups (broad SMARTS) is 1. The van der Waals surface area contributed by atoms with Crippen molar-refractivity contribution in [3.05, 3.63) is 0 Å². The summed E-state index contributed by atoms with van der Waals surface area (Å²) in [4.78, 5) is 22.2. The van der Waals surface area contributed by atoms with Crippen molar-refractivity contribution in [3.63, 3.8) is 0 Å². The molecule has 0 saturated carbocycles. The Labute approximate surface area is 89.2 Å². The number of carbonyl (C=O) groups is 2. The molecule has 1 rings (SSSR count). The molecule has 2 N–H and O–H groups in total. The van der Waals surface area contributed by atoms with Crippen LogP contribution in [0.3, 0.4) is 0 Å². The Hall–Kier alpha value is -1.47. The molecule has 0 aromatic carbocycles. The van der Waals surface area contributed by atoms with E-state index in [4.69, 9.17) is 5.11 Å². The number of nitrogens with zero attached hydrogens (tertiary/aromatic N) is 1. The normalized spacial score (nSPS) is 25.6. The van der Waals surface area contributed by atoms with Crippen LogP contribution in [0.5, 0.6) is 0 Å². The van der Waals surface area contributed by atoms with Gasteiger partial charge in [0.1, 0.15) is 0 Å². The Kier molecular flexibility index (Phi) is 3.30. The molecule has 0 spiro atoms. The second kappa shape index (κ2) is 4.18. The van der Waals surface area contributed by atoms with Gasteiger partial charge in [-0.2, -0.15) is 13.2 Å². The highest BCUT2D eigenvalue weighted by atomic mass is 19.4. The van der Waals surface area contributed by atoms with Crippen LogP contribution < -0.4 is 5.32 Å². The van der Waals surface area contributed by atoms with Crippen LogP contribution in [-0.2, 0) is 4.79 Å². The van der Waals surface area contributed by atoms with Crippen LogP contribution in [0.15, 0.2) is 0 Å². The molecular formula is C8H11F3N2O3. The molecule has 0 aliphatic carbocycles. The molecule has 0 aromatic rings. The molecular weight excluding hydrogens is 229 g/mol. The summed E-state index contributed by atoms with van der Waals surface area (Å²) in [5, 5.41) is 10.5. The molecule has 1 fully saturated rings. The average Bonchev–Trinajstić information content (AvgIpc) is 2.45. The fraction of sp³-hybridized carbons (Fsp3) is 0.750. The number of hydrogen-bond donors (Lipinski definition) is 2. The van der Waals surface area contributed by atoms with Gasteiger partial charge in [0.2, 0.25) is 0 Å². The maximum Gasteiger partial charge on any atom is 0.471 e. The Bertz CT molecular complexity index is 305. The molecule has 1 heterocycles. The molecule has 0 aromatic heterocycles. The van der Waals surface area contributed by atoms with E-state index in [1.807, 2.05) is 0 Å². The van der Waals surface area contributed by atoms with Gasteiger partial charge in [0.25, 0.3) is 0 Å². The third kappa shape index (κ3) is 2.77. The third-order valence-corrected chi connectivity index (χ3v) is 2.41. The minimum Gasteiger partial charge on any atom is -0.465 e. The van der Waals surface area contributed by atoms with Gasteiger partial charge in [-0.3, -0.25) is 4.79 Å². The lowest BCUT2D eigenvalue weighted by Gasteiger charge is -2.16. The summed E-state index contributed by atoms with van der Waals surface area (Å²) < 4.78 is 35.7. The van der Waals surface area contributed by atoms with E-state index in [0.717, 1.165) is 4.90 Å². The number of carbonyl (C=O) groups excluding carboxylic acids is 1. The lowest BCUT2D eigenvalue weighted by atomic mass is 10.2. The molecule has 1 saturated heterocycles. The molecule has 0 bridgehead atoms. The summed E-state index contributed by atoms with van der Waals surface area (Å²) in [6.07, 6.45) is -5.94. The first-order valence-electron chi connectivity index (χ1n) is 4.59. The molecule has 2 amide bonds. The van der Waals surface area contributed by atoms with E-state index in [0.29, 0.717) is 0 Å². The zero-order valence-corrected chi connectivity index (χ0v) is 8.41. The number of likely N-dealkylation sites (tertiary alicyclic amines) is 1. The molecule has 1 aliphatic rings. The fourth-order valence-electron chi connectivity index (χ4n) is 1.67. The maximum absolute atomic E-state index is 11.9. The summed E-state index contributed by atoms with van der Waals surface area (Å²) >= 11 is 0. The first-order chi connectivity index (χ1) is 7.21. The topological polar surface area (TPSA) is 69.6 Å². The van der Waals surface area contributed by atoms with Crippen molar-refractivity contribution in [2.24, 2.45) is 0 Å². The first-order valence-corrected chi connectivity index (χ1v) is 4.59. The average molecular weight is 240 g/mol. The summed E-state index contributed by atoms with van der Waals surface area (Å²) in [6.45, 7) is 1.46. The lowest BCUT2D eigenvalue weighted by Crippen LogP contribution is -2.44. The Balaban J connectivity index is 2.54. The van der Waals surface area contributed by atoms with Crippen molar-refractivity contribution >= 4 is 12.0 Å². The second-order valence-corrected chi connectivity index (χ2v) is 3.69. The molecule has 1 aliphatic heterocycles. The fourth-order valence-corrected chi connectivity index (χ4v) is 1.67. The zero-order valence-electron chi connectivity index (χ0n) is 8.41. The zero-order chi connectivity index (χ0) is 12.5. The molecule has 16 heavy (non-hydrogen) atoms. The van der Waals surface area contributed by atoms with Crippen molar-refractivity contribution in [3.8, 4) is 0 Å². The molecule has 2 unspecified atom stereocenters. The Morgan fingerprint density at radius 1 is 1.44 bits per heavy atom. The van der Waals surface area contributed by atoms with E-state index in [1.54, 1.807) is 12.2 Å². The van der Waals surface area contributed by atoms with Crippen LogP contribution in [0, 0.1) is 0 Å². The van der Waals surface area contributed by atoms with E-state index in [1.165, 1.54) is 0 Å². The summed E-state index contributed by atoms with van der Waals surface area (Å²) in [6, 6.07) is -1.17. The van der Waals surface area contributed by atoms with Crippen LogP contribution in [0.2, 0.25) is 0 Å². The van der Waals surface area contributed by atoms with E-state index in [9.17, 15) is 22.8 Å². The number of hydrogen-bond acceptors (Lipinski definition) is 2. The highest BCUT2D eigenvalue weighted by Gasteiger charge is 2.42. The van der Waals surface area contributed by atoms with E-state index >= 15 is 0 Å². The van der Waals surface area contributed by atoms with E-state index < -0.39 is 30.3 Å². The predicted molar refractivity (Wildman–Crippen MR) is 46.8 cm³/mol. The van der Waals surface area contributed by atoms with Gasteiger partial charge in [0, 0.05) is 18.6 Å². The van der Waals surface area contributed by atoms with Gasteiger partial charge in [-0.05, 0) is 13.3 Å². The third-order valence-electron chi connectivity index (χ3n) is 2.41. The van der Waals surface area contributed by atoms with Crippen LogP contribution >= 0.6 is 0 Å².